The molecule has 1 aliphatic carbocycles. The van der Waals surface area contributed by atoms with Crippen molar-refractivity contribution in [2.45, 2.75) is 32.2 Å². The highest BCUT2D eigenvalue weighted by atomic mass is 32.2. The van der Waals surface area contributed by atoms with Gasteiger partial charge in [-0.15, -0.1) is 0 Å². The lowest BCUT2D eigenvalue weighted by Crippen LogP contribution is -2.49. The van der Waals surface area contributed by atoms with E-state index in [4.69, 9.17) is 0 Å². The van der Waals surface area contributed by atoms with Gasteiger partial charge in [0.2, 0.25) is 15.9 Å². The minimum absolute atomic E-state index is 0.0672. The number of amides is 1. The number of aliphatic imine (C=N–C) groups is 1. The summed E-state index contributed by atoms with van der Waals surface area (Å²) in [6, 6.07) is 9.39. The number of rotatable bonds is 9. The van der Waals surface area contributed by atoms with Crippen LogP contribution in [0.1, 0.15) is 31.2 Å². The van der Waals surface area contributed by atoms with Gasteiger partial charge in [-0.1, -0.05) is 43.2 Å². The maximum atomic E-state index is 12.6. The quantitative estimate of drug-likeness (QED) is 0.405. The van der Waals surface area contributed by atoms with E-state index >= 15 is 0 Å². The average Bonchev–Trinajstić information content (AvgIpc) is 3.19. The topological polar surface area (TPSA) is 103 Å². The summed E-state index contributed by atoms with van der Waals surface area (Å²) in [6.45, 7) is 0.979. The molecule has 0 bridgehead atoms. The molecule has 162 valence electrons. The van der Waals surface area contributed by atoms with Gasteiger partial charge in [-0.2, -0.15) is 0 Å². The van der Waals surface area contributed by atoms with Crippen molar-refractivity contribution in [3.63, 3.8) is 0 Å². The molecule has 0 spiro atoms. The second kappa shape index (κ2) is 10.6. The third-order valence-electron chi connectivity index (χ3n) is 5.24. The molecule has 1 aromatic carbocycles. The summed E-state index contributed by atoms with van der Waals surface area (Å²) in [5.41, 5.74) is 0.499. The van der Waals surface area contributed by atoms with Crippen LogP contribution in [-0.2, 0) is 21.4 Å². The van der Waals surface area contributed by atoms with Gasteiger partial charge in [0.15, 0.2) is 5.96 Å². The van der Waals surface area contributed by atoms with E-state index in [9.17, 15) is 13.2 Å². The average molecular weight is 424 g/mol. The van der Waals surface area contributed by atoms with Gasteiger partial charge in [0.05, 0.1) is 11.2 Å². The lowest BCUT2D eigenvalue weighted by molar-refractivity contribution is -0.138. The molecular formula is C20H33N5O3S. The Kier molecular flexibility index (Phi) is 8.45. The molecule has 2 rings (SSSR count). The van der Waals surface area contributed by atoms with Gasteiger partial charge in [-0.05, 0) is 18.4 Å². The van der Waals surface area contributed by atoms with Crippen LogP contribution in [0.25, 0.3) is 0 Å². The summed E-state index contributed by atoms with van der Waals surface area (Å²) in [4.78, 5) is 18.4. The van der Waals surface area contributed by atoms with E-state index in [0.717, 1.165) is 31.2 Å². The second-order valence-electron chi connectivity index (χ2n) is 7.67. The zero-order chi connectivity index (χ0) is 21.3. The minimum Gasteiger partial charge on any atom is -0.355 e. The summed E-state index contributed by atoms with van der Waals surface area (Å²) in [5, 5.41) is 6.24. The molecule has 0 atom stereocenters. The molecule has 0 heterocycles. The van der Waals surface area contributed by atoms with Crippen LogP contribution in [0.4, 0.5) is 0 Å². The van der Waals surface area contributed by atoms with Crippen LogP contribution < -0.4 is 15.4 Å². The van der Waals surface area contributed by atoms with Crippen LogP contribution in [-0.4, -0.2) is 65.2 Å². The number of sulfonamides is 1. The molecule has 1 saturated carbocycles. The van der Waals surface area contributed by atoms with Gasteiger partial charge in [-0.3, -0.25) is 9.79 Å². The standard InChI is InChI=1S/C20H33N5O3S/c1-21-19(23-16-20(11-7-8-12-20)18(26)25(2)3)22-13-14-29(27,28)24-15-17-9-5-4-6-10-17/h4-6,9-10,24H,7-8,11-16H2,1-3H3,(H2,21,22,23). The van der Waals surface area contributed by atoms with Crippen molar-refractivity contribution >= 4 is 21.9 Å². The molecule has 0 aliphatic heterocycles. The van der Waals surface area contributed by atoms with E-state index in [1.54, 1.807) is 26.0 Å². The van der Waals surface area contributed by atoms with E-state index in [0.29, 0.717) is 12.5 Å². The fourth-order valence-corrected chi connectivity index (χ4v) is 4.53. The molecule has 29 heavy (non-hydrogen) atoms. The molecule has 8 nitrogen and oxygen atoms in total. The summed E-state index contributed by atoms with van der Waals surface area (Å²) >= 11 is 0. The van der Waals surface area contributed by atoms with Crippen molar-refractivity contribution in [1.82, 2.24) is 20.3 Å². The number of hydrogen-bond donors (Lipinski definition) is 3. The Morgan fingerprint density at radius 2 is 1.79 bits per heavy atom. The molecule has 1 amide bonds. The van der Waals surface area contributed by atoms with Crippen molar-refractivity contribution in [1.29, 1.82) is 0 Å². The van der Waals surface area contributed by atoms with Crippen molar-refractivity contribution in [2.75, 3.05) is 40.0 Å². The van der Waals surface area contributed by atoms with Crippen LogP contribution in [0.2, 0.25) is 0 Å². The number of carbonyl (C=O) groups is 1. The fraction of sp³-hybridized carbons (Fsp3) is 0.600. The Morgan fingerprint density at radius 3 is 2.38 bits per heavy atom. The van der Waals surface area contributed by atoms with Gasteiger partial charge in [0.25, 0.3) is 0 Å². The maximum Gasteiger partial charge on any atom is 0.230 e. The first-order valence-corrected chi connectivity index (χ1v) is 11.6. The monoisotopic (exact) mass is 423 g/mol. The van der Waals surface area contributed by atoms with Gasteiger partial charge < -0.3 is 15.5 Å². The van der Waals surface area contributed by atoms with E-state index < -0.39 is 15.4 Å². The predicted octanol–water partition coefficient (Wildman–Crippen LogP) is 0.920. The van der Waals surface area contributed by atoms with E-state index in [1.165, 1.54) is 0 Å². The van der Waals surface area contributed by atoms with Crippen molar-refractivity contribution < 1.29 is 13.2 Å². The number of nitrogens with one attached hydrogen (secondary N) is 3. The fourth-order valence-electron chi connectivity index (χ4n) is 3.63. The Labute approximate surface area is 174 Å². The Morgan fingerprint density at radius 1 is 1.14 bits per heavy atom. The van der Waals surface area contributed by atoms with Gasteiger partial charge in [0, 0.05) is 40.8 Å². The highest BCUT2D eigenvalue weighted by Crippen LogP contribution is 2.38. The van der Waals surface area contributed by atoms with Crippen molar-refractivity contribution in [3.8, 4) is 0 Å². The molecule has 0 aromatic heterocycles. The zero-order valence-corrected chi connectivity index (χ0v) is 18.4. The molecule has 1 aromatic rings. The third kappa shape index (κ3) is 7.01. The van der Waals surface area contributed by atoms with Crippen molar-refractivity contribution in [3.05, 3.63) is 35.9 Å². The first-order valence-electron chi connectivity index (χ1n) is 9.95. The number of nitrogens with zero attached hydrogens (tertiary/aromatic N) is 2. The molecule has 0 saturated heterocycles. The predicted molar refractivity (Wildman–Crippen MR) is 116 cm³/mol. The van der Waals surface area contributed by atoms with E-state index in [2.05, 4.69) is 20.3 Å². The number of carbonyl (C=O) groups excluding carboxylic acids is 1. The highest BCUT2D eigenvalue weighted by Gasteiger charge is 2.42. The summed E-state index contributed by atoms with van der Waals surface area (Å²) < 4.78 is 27.0. The first kappa shape index (κ1) is 23.2. The summed E-state index contributed by atoms with van der Waals surface area (Å²) in [7, 11) is 1.79. The molecule has 1 aliphatic rings. The van der Waals surface area contributed by atoms with Crippen LogP contribution in [0.3, 0.4) is 0 Å². The third-order valence-corrected chi connectivity index (χ3v) is 6.57. The van der Waals surface area contributed by atoms with E-state index in [-0.39, 0.29) is 24.7 Å². The van der Waals surface area contributed by atoms with Crippen LogP contribution in [0.15, 0.2) is 35.3 Å². The lowest BCUT2D eigenvalue weighted by Gasteiger charge is -2.31. The van der Waals surface area contributed by atoms with Gasteiger partial charge in [-0.25, -0.2) is 13.1 Å². The molecule has 0 radical (unpaired) electrons. The lowest BCUT2D eigenvalue weighted by atomic mass is 9.84. The highest BCUT2D eigenvalue weighted by molar-refractivity contribution is 7.89. The van der Waals surface area contributed by atoms with Gasteiger partial charge >= 0.3 is 0 Å². The summed E-state index contributed by atoms with van der Waals surface area (Å²) in [6.07, 6.45) is 3.79. The molecule has 0 unspecified atom stereocenters. The van der Waals surface area contributed by atoms with Gasteiger partial charge in [0.1, 0.15) is 0 Å². The Bertz CT molecular complexity index is 788. The zero-order valence-electron chi connectivity index (χ0n) is 17.6. The minimum atomic E-state index is -3.41. The van der Waals surface area contributed by atoms with Crippen molar-refractivity contribution in [2.24, 2.45) is 10.4 Å². The normalized spacial score (nSPS) is 16.4. The smallest absolute Gasteiger partial charge is 0.230 e. The Hall–Kier alpha value is -2.13. The second-order valence-corrected chi connectivity index (χ2v) is 9.59. The first-order chi connectivity index (χ1) is 13.8. The molecular weight excluding hydrogens is 390 g/mol. The summed E-state index contributed by atoms with van der Waals surface area (Å²) in [5.74, 6) is 0.564. The number of hydrogen-bond acceptors (Lipinski definition) is 4. The van der Waals surface area contributed by atoms with Crippen LogP contribution in [0.5, 0.6) is 0 Å². The largest absolute Gasteiger partial charge is 0.355 e. The molecule has 1 fully saturated rings. The number of guanidine groups is 1. The van der Waals surface area contributed by atoms with Crippen LogP contribution >= 0.6 is 0 Å². The maximum absolute atomic E-state index is 12.6. The van der Waals surface area contributed by atoms with E-state index in [1.807, 2.05) is 30.3 Å². The Balaban J connectivity index is 1.80. The van der Waals surface area contributed by atoms with Crippen LogP contribution in [0, 0.1) is 5.41 Å². The SMILES string of the molecule is CN=C(NCCS(=O)(=O)NCc1ccccc1)NCC1(C(=O)N(C)C)CCCC1. The molecule has 9 heteroatoms. The molecule has 3 N–H and O–H groups in total. The number of benzene rings is 1.